The second-order valence-corrected chi connectivity index (χ2v) is 7.42. The molecule has 6 heteroatoms. The number of para-hydroxylation sites is 1. The van der Waals surface area contributed by atoms with Crippen LogP contribution in [0.2, 0.25) is 0 Å². The number of piperidine rings is 1. The van der Waals surface area contributed by atoms with E-state index >= 15 is 0 Å². The molecule has 4 rings (SSSR count). The minimum Gasteiger partial charge on any atom is -0.340 e. The summed E-state index contributed by atoms with van der Waals surface area (Å²) < 4.78 is 1.82. The summed E-state index contributed by atoms with van der Waals surface area (Å²) >= 11 is 0. The highest BCUT2D eigenvalue weighted by Gasteiger charge is 2.27. The van der Waals surface area contributed by atoms with Gasteiger partial charge in [-0.05, 0) is 43.1 Å². The summed E-state index contributed by atoms with van der Waals surface area (Å²) in [6.45, 7) is 5.99. The summed E-state index contributed by atoms with van der Waals surface area (Å²) in [4.78, 5) is 21.5. The van der Waals surface area contributed by atoms with Crippen molar-refractivity contribution in [3.8, 4) is 0 Å². The molecule has 1 atom stereocenters. The number of amides is 1. The fourth-order valence-electron chi connectivity index (χ4n) is 4.08. The van der Waals surface area contributed by atoms with Gasteiger partial charge in [-0.1, -0.05) is 25.1 Å². The van der Waals surface area contributed by atoms with E-state index in [0.29, 0.717) is 12.6 Å². The van der Waals surface area contributed by atoms with Crippen molar-refractivity contribution in [2.24, 2.45) is 0 Å². The van der Waals surface area contributed by atoms with Crippen molar-refractivity contribution < 1.29 is 4.79 Å². The number of rotatable bonds is 6. The van der Waals surface area contributed by atoms with Crippen LogP contribution >= 0.6 is 0 Å². The molecule has 0 spiro atoms. The molecule has 2 aromatic heterocycles. The normalized spacial score (nSPS) is 17.4. The molecule has 1 amide bonds. The van der Waals surface area contributed by atoms with Gasteiger partial charge in [-0.3, -0.25) is 19.4 Å². The fourth-order valence-corrected chi connectivity index (χ4v) is 4.08. The molecular formula is C22H27N5O. The van der Waals surface area contributed by atoms with Gasteiger partial charge in [0.1, 0.15) is 6.54 Å². The first kappa shape index (κ1) is 18.6. The zero-order chi connectivity index (χ0) is 19.3. The minimum absolute atomic E-state index is 0.151. The number of carbonyl (C=O) groups excluding carboxylic acids is 1. The van der Waals surface area contributed by atoms with E-state index in [9.17, 15) is 4.79 Å². The number of aromatic nitrogens is 3. The van der Waals surface area contributed by atoms with E-state index in [1.54, 1.807) is 0 Å². The highest BCUT2D eigenvalue weighted by Crippen LogP contribution is 2.19. The lowest BCUT2D eigenvalue weighted by Crippen LogP contribution is -2.50. The van der Waals surface area contributed by atoms with Gasteiger partial charge in [0.2, 0.25) is 5.91 Å². The number of hydrogen-bond acceptors (Lipinski definition) is 4. The number of fused-ring (bicyclic) bond motifs is 1. The predicted molar refractivity (Wildman–Crippen MR) is 110 cm³/mol. The Labute approximate surface area is 165 Å². The first-order valence-electron chi connectivity index (χ1n) is 10.1. The maximum absolute atomic E-state index is 13.0. The number of likely N-dealkylation sites (N-methyl/N-ethyl adjacent to an activating group) is 1. The van der Waals surface area contributed by atoms with Gasteiger partial charge in [-0.25, -0.2) is 0 Å². The van der Waals surface area contributed by atoms with E-state index in [4.69, 9.17) is 0 Å². The molecule has 0 bridgehead atoms. The smallest absolute Gasteiger partial charge is 0.244 e. The van der Waals surface area contributed by atoms with Crippen molar-refractivity contribution in [2.75, 3.05) is 19.6 Å². The molecule has 146 valence electrons. The third-order valence-electron chi connectivity index (χ3n) is 5.64. The van der Waals surface area contributed by atoms with Gasteiger partial charge < -0.3 is 4.90 Å². The summed E-state index contributed by atoms with van der Waals surface area (Å²) in [5.74, 6) is 0.151. The van der Waals surface area contributed by atoms with Crippen LogP contribution in [0.5, 0.6) is 0 Å². The quantitative estimate of drug-likeness (QED) is 0.663. The molecule has 1 fully saturated rings. The Morgan fingerprint density at radius 3 is 2.86 bits per heavy atom. The van der Waals surface area contributed by atoms with Gasteiger partial charge in [-0.15, -0.1) is 0 Å². The average molecular weight is 377 g/mol. The monoisotopic (exact) mass is 377 g/mol. The Morgan fingerprint density at radius 2 is 2.04 bits per heavy atom. The van der Waals surface area contributed by atoms with Gasteiger partial charge in [0.05, 0.1) is 11.7 Å². The van der Waals surface area contributed by atoms with Crippen molar-refractivity contribution >= 4 is 16.8 Å². The van der Waals surface area contributed by atoms with Crippen LogP contribution in [-0.4, -0.2) is 56.1 Å². The Bertz CT molecular complexity index is 923. The standard InChI is InChI=1S/C22H27N5O/c1-2-25(15-18-9-11-23-12-10-18)20-7-5-13-26(16-20)22(28)17-27-21-8-4-3-6-19(21)14-24-27/h3-4,6,8-12,14,20H,2,5,7,13,15-17H2,1H3. The molecule has 3 aromatic rings. The van der Waals surface area contributed by atoms with E-state index in [0.717, 1.165) is 49.9 Å². The molecule has 1 unspecified atom stereocenters. The van der Waals surface area contributed by atoms with Crippen molar-refractivity contribution in [3.63, 3.8) is 0 Å². The van der Waals surface area contributed by atoms with Crippen molar-refractivity contribution in [1.82, 2.24) is 24.6 Å². The van der Waals surface area contributed by atoms with Gasteiger partial charge in [0.25, 0.3) is 0 Å². The molecular weight excluding hydrogens is 350 g/mol. The van der Waals surface area contributed by atoms with Crippen molar-refractivity contribution in [2.45, 2.75) is 38.9 Å². The van der Waals surface area contributed by atoms with Crippen LogP contribution in [0.3, 0.4) is 0 Å². The third-order valence-corrected chi connectivity index (χ3v) is 5.64. The molecule has 1 aliphatic heterocycles. The fraction of sp³-hybridized carbons (Fsp3) is 0.409. The Morgan fingerprint density at radius 1 is 1.21 bits per heavy atom. The average Bonchev–Trinajstić information content (AvgIpc) is 3.16. The molecule has 1 aromatic carbocycles. The van der Waals surface area contributed by atoms with Gasteiger partial charge >= 0.3 is 0 Å². The van der Waals surface area contributed by atoms with Crippen LogP contribution in [0.1, 0.15) is 25.3 Å². The molecule has 0 radical (unpaired) electrons. The van der Waals surface area contributed by atoms with E-state index in [2.05, 4.69) is 34.0 Å². The second-order valence-electron chi connectivity index (χ2n) is 7.42. The predicted octanol–water partition coefficient (Wildman–Crippen LogP) is 2.94. The van der Waals surface area contributed by atoms with E-state index in [1.165, 1.54) is 5.56 Å². The molecule has 3 heterocycles. The number of pyridine rings is 1. The number of benzene rings is 1. The Kier molecular flexibility index (Phi) is 5.67. The summed E-state index contributed by atoms with van der Waals surface area (Å²) in [6.07, 6.45) is 7.69. The molecule has 1 saturated heterocycles. The first-order chi connectivity index (χ1) is 13.7. The molecule has 0 N–H and O–H groups in total. The third kappa shape index (κ3) is 4.07. The highest BCUT2D eigenvalue weighted by molar-refractivity contribution is 5.82. The van der Waals surface area contributed by atoms with Crippen molar-refractivity contribution in [3.05, 3.63) is 60.6 Å². The SMILES string of the molecule is CCN(Cc1ccncc1)C1CCCN(C(=O)Cn2ncc3ccccc32)C1. The van der Waals surface area contributed by atoms with Crippen LogP contribution in [0.15, 0.2) is 55.0 Å². The minimum atomic E-state index is 0.151. The first-order valence-corrected chi connectivity index (χ1v) is 10.1. The zero-order valence-corrected chi connectivity index (χ0v) is 16.4. The van der Waals surface area contributed by atoms with Crippen LogP contribution < -0.4 is 0 Å². The van der Waals surface area contributed by atoms with Gasteiger partial charge in [0, 0.05) is 43.5 Å². The maximum atomic E-state index is 13.0. The van der Waals surface area contributed by atoms with E-state index in [1.807, 2.05) is 52.4 Å². The molecule has 1 aliphatic rings. The maximum Gasteiger partial charge on any atom is 0.244 e. The molecule has 28 heavy (non-hydrogen) atoms. The summed E-state index contributed by atoms with van der Waals surface area (Å²) in [7, 11) is 0. The lowest BCUT2D eigenvalue weighted by molar-refractivity contribution is -0.134. The Hall–Kier alpha value is -2.73. The van der Waals surface area contributed by atoms with Gasteiger partial charge in [0.15, 0.2) is 0 Å². The molecule has 0 saturated carbocycles. The second kappa shape index (κ2) is 8.52. The summed E-state index contributed by atoms with van der Waals surface area (Å²) in [6, 6.07) is 12.5. The topological polar surface area (TPSA) is 54.3 Å². The lowest BCUT2D eigenvalue weighted by Gasteiger charge is -2.39. The van der Waals surface area contributed by atoms with Gasteiger partial charge in [-0.2, -0.15) is 5.10 Å². The van der Waals surface area contributed by atoms with Crippen molar-refractivity contribution in [1.29, 1.82) is 0 Å². The number of hydrogen-bond donors (Lipinski definition) is 0. The summed E-state index contributed by atoms with van der Waals surface area (Å²) in [5, 5.41) is 5.48. The van der Waals surface area contributed by atoms with E-state index < -0.39 is 0 Å². The van der Waals surface area contributed by atoms with Crippen LogP contribution in [-0.2, 0) is 17.9 Å². The van der Waals surface area contributed by atoms with Crippen LogP contribution in [0, 0.1) is 0 Å². The van der Waals surface area contributed by atoms with Crippen LogP contribution in [0.25, 0.3) is 10.9 Å². The number of carbonyl (C=O) groups is 1. The largest absolute Gasteiger partial charge is 0.340 e. The summed E-state index contributed by atoms with van der Waals surface area (Å²) in [5.41, 5.74) is 2.28. The Balaban J connectivity index is 1.41. The molecule has 0 aliphatic carbocycles. The van der Waals surface area contributed by atoms with E-state index in [-0.39, 0.29) is 5.91 Å². The zero-order valence-electron chi connectivity index (χ0n) is 16.4. The lowest BCUT2D eigenvalue weighted by atomic mass is 10.0. The number of nitrogens with zero attached hydrogens (tertiary/aromatic N) is 5. The highest BCUT2D eigenvalue weighted by atomic mass is 16.2. The molecule has 6 nitrogen and oxygen atoms in total. The van der Waals surface area contributed by atoms with Crippen LogP contribution in [0.4, 0.5) is 0 Å². The number of likely N-dealkylation sites (tertiary alicyclic amines) is 1.